The lowest BCUT2D eigenvalue weighted by molar-refractivity contribution is 0.174. The predicted octanol–water partition coefficient (Wildman–Crippen LogP) is 2.79. The van der Waals surface area contributed by atoms with Gasteiger partial charge in [0.2, 0.25) is 6.79 Å². The lowest BCUT2D eigenvalue weighted by atomic mass is 10.1. The van der Waals surface area contributed by atoms with Crippen LogP contribution in [0.5, 0.6) is 11.5 Å². The molecule has 0 aliphatic carbocycles. The Morgan fingerprint density at radius 1 is 1.24 bits per heavy atom. The molecule has 1 aromatic carbocycles. The third-order valence-electron chi connectivity index (χ3n) is 4.49. The van der Waals surface area contributed by atoms with Crippen molar-refractivity contribution in [3.8, 4) is 22.8 Å². The number of nitrogens with zero attached hydrogens (tertiary/aromatic N) is 4. The summed E-state index contributed by atoms with van der Waals surface area (Å²) >= 11 is 0. The summed E-state index contributed by atoms with van der Waals surface area (Å²) < 4.78 is 10.9. The molecule has 7 heteroatoms. The zero-order chi connectivity index (χ0) is 17.2. The van der Waals surface area contributed by atoms with Crippen molar-refractivity contribution in [1.29, 1.82) is 0 Å². The molecule has 0 radical (unpaired) electrons. The molecule has 0 saturated carbocycles. The minimum Gasteiger partial charge on any atom is -0.454 e. The molecule has 4 rings (SSSR count). The summed E-state index contributed by atoms with van der Waals surface area (Å²) in [7, 11) is 2.07. The highest BCUT2D eigenvalue weighted by molar-refractivity contribution is 5.66. The Morgan fingerprint density at radius 2 is 2.12 bits per heavy atom. The van der Waals surface area contributed by atoms with Gasteiger partial charge in [0.1, 0.15) is 6.33 Å². The summed E-state index contributed by atoms with van der Waals surface area (Å²) in [6.45, 7) is 3.14. The van der Waals surface area contributed by atoms with E-state index in [0.29, 0.717) is 0 Å². The predicted molar refractivity (Wildman–Crippen MR) is 92.1 cm³/mol. The van der Waals surface area contributed by atoms with Gasteiger partial charge in [0.15, 0.2) is 11.5 Å². The van der Waals surface area contributed by atoms with Crippen molar-refractivity contribution >= 4 is 0 Å². The van der Waals surface area contributed by atoms with E-state index in [4.69, 9.17) is 9.47 Å². The summed E-state index contributed by atoms with van der Waals surface area (Å²) in [6.07, 6.45) is 5.21. The Balaban J connectivity index is 1.56. The van der Waals surface area contributed by atoms with Gasteiger partial charge in [0.05, 0.1) is 17.6 Å². The van der Waals surface area contributed by atoms with Gasteiger partial charge in [-0.2, -0.15) is 5.10 Å². The molecule has 128 valence electrons. The van der Waals surface area contributed by atoms with Crippen LogP contribution in [0, 0.1) is 0 Å². The van der Waals surface area contributed by atoms with Crippen LogP contribution in [0.3, 0.4) is 0 Å². The first-order valence-electron chi connectivity index (χ1n) is 8.11. The van der Waals surface area contributed by atoms with E-state index in [2.05, 4.69) is 39.0 Å². The third kappa shape index (κ3) is 3.06. The van der Waals surface area contributed by atoms with Gasteiger partial charge in [-0.05, 0) is 38.2 Å². The number of benzene rings is 1. The minimum absolute atomic E-state index is 0.169. The molecule has 2 aromatic heterocycles. The molecule has 0 bridgehead atoms. The van der Waals surface area contributed by atoms with Crippen molar-refractivity contribution < 1.29 is 9.47 Å². The molecule has 0 fully saturated rings. The first kappa shape index (κ1) is 15.6. The summed E-state index contributed by atoms with van der Waals surface area (Å²) in [5.74, 6) is 1.54. The molecule has 25 heavy (non-hydrogen) atoms. The summed E-state index contributed by atoms with van der Waals surface area (Å²) in [4.78, 5) is 10.5. The van der Waals surface area contributed by atoms with Crippen LogP contribution in [0.4, 0.5) is 0 Å². The largest absolute Gasteiger partial charge is 0.454 e. The maximum atomic E-state index is 5.47. The lowest BCUT2D eigenvalue weighted by Gasteiger charge is -2.24. The number of nitrogens with one attached hydrogen (secondary N) is 1. The van der Waals surface area contributed by atoms with Gasteiger partial charge in [-0.15, -0.1) is 0 Å². The van der Waals surface area contributed by atoms with Crippen molar-refractivity contribution in [3.05, 3.63) is 54.2 Å². The number of aromatic nitrogens is 4. The second-order valence-corrected chi connectivity index (χ2v) is 6.06. The molecule has 7 nitrogen and oxygen atoms in total. The molecule has 1 atom stereocenters. The number of aromatic amines is 1. The van der Waals surface area contributed by atoms with E-state index in [1.165, 1.54) is 0 Å². The highest BCUT2D eigenvalue weighted by Gasteiger charge is 2.19. The van der Waals surface area contributed by atoms with E-state index in [1.807, 2.05) is 30.5 Å². The summed E-state index contributed by atoms with van der Waals surface area (Å²) in [6, 6.07) is 8.03. The first-order valence-corrected chi connectivity index (χ1v) is 8.11. The van der Waals surface area contributed by atoms with Gasteiger partial charge < -0.3 is 9.47 Å². The molecule has 1 unspecified atom stereocenters. The first-order chi connectivity index (χ1) is 12.2. The average Bonchev–Trinajstić information content (AvgIpc) is 3.30. The van der Waals surface area contributed by atoms with E-state index >= 15 is 0 Å². The molecule has 1 N–H and O–H groups in total. The van der Waals surface area contributed by atoms with E-state index < -0.39 is 0 Å². The Morgan fingerprint density at radius 3 is 2.96 bits per heavy atom. The average molecular weight is 337 g/mol. The Kier molecular flexibility index (Phi) is 4.07. The molecule has 0 spiro atoms. The van der Waals surface area contributed by atoms with Crippen LogP contribution >= 0.6 is 0 Å². The Bertz CT molecular complexity index is 865. The van der Waals surface area contributed by atoms with Crippen molar-refractivity contribution in [2.24, 2.45) is 0 Å². The van der Waals surface area contributed by atoms with E-state index in [-0.39, 0.29) is 12.8 Å². The second kappa shape index (κ2) is 6.52. The Labute approximate surface area is 145 Å². The number of hydrogen-bond donors (Lipinski definition) is 1. The fraction of sp³-hybridized carbons (Fsp3) is 0.278. The SMILES string of the molecule is CC(c1ccncn1)N(C)Cc1cn[nH]c1-c1ccc2c(c1)OCO2. The monoisotopic (exact) mass is 337 g/mol. The molecule has 1 aliphatic heterocycles. The Hall–Kier alpha value is -2.93. The number of H-pyrrole nitrogens is 1. The lowest BCUT2D eigenvalue weighted by Crippen LogP contribution is -2.22. The molecule has 3 heterocycles. The van der Waals surface area contributed by atoms with Crippen LogP contribution in [0.1, 0.15) is 24.2 Å². The standard InChI is InChI=1S/C18H19N5O2/c1-12(15-5-6-19-10-20-15)23(2)9-14-8-21-22-18(14)13-3-4-16-17(7-13)25-11-24-16/h3-8,10,12H,9,11H2,1-2H3,(H,21,22). The van der Waals surface area contributed by atoms with Crippen LogP contribution in [0.25, 0.3) is 11.3 Å². The van der Waals surface area contributed by atoms with E-state index in [9.17, 15) is 0 Å². The summed E-state index contributed by atoms with van der Waals surface area (Å²) in [5, 5.41) is 7.33. The maximum Gasteiger partial charge on any atom is 0.231 e. The van der Waals surface area contributed by atoms with Crippen LogP contribution in [0.2, 0.25) is 0 Å². The van der Waals surface area contributed by atoms with Gasteiger partial charge in [-0.3, -0.25) is 10.00 Å². The highest BCUT2D eigenvalue weighted by Crippen LogP contribution is 2.36. The number of ether oxygens (including phenoxy) is 2. The molecule has 0 saturated heterocycles. The fourth-order valence-corrected chi connectivity index (χ4v) is 2.91. The number of hydrogen-bond acceptors (Lipinski definition) is 6. The normalized spacial score (nSPS) is 14.0. The molecule has 3 aromatic rings. The van der Waals surface area contributed by atoms with Gasteiger partial charge in [0, 0.05) is 29.9 Å². The molecular weight excluding hydrogens is 318 g/mol. The quantitative estimate of drug-likeness (QED) is 0.771. The zero-order valence-corrected chi connectivity index (χ0v) is 14.1. The number of fused-ring (bicyclic) bond motifs is 1. The van der Waals surface area contributed by atoms with Gasteiger partial charge in [-0.1, -0.05) is 0 Å². The van der Waals surface area contributed by atoms with Crippen LogP contribution < -0.4 is 9.47 Å². The smallest absolute Gasteiger partial charge is 0.231 e. The number of rotatable bonds is 5. The topological polar surface area (TPSA) is 76.2 Å². The summed E-state index contributed by atoms with van der Waals surface area (Å²) in [5.41, 5.74) is 4.12. The van der Waals surface area contributed by atoms with Gasteiger partial charge in [-0.25, -0.2) is 9.97 Å². The molecule has 0 amide bonds. The zero-order valence-electron chi connectivity index (χ0n) is 14.1. The highest BCUT2D eigenvalue weighted by atomic mass is 16.7. The molecule has 1 aliphatic rings. The van der Waals surface area contributed by atoms with Crippen molar-refractivity contribution in [1.82, 2.24) is 25.1 Å². The van der Waals surface area contributed by atoms with Crippen LogP contribution in [-0.2, 0) is 6.54 Å². The van der Waals surface area contributed by atoms with E-state index in [0.717, 1.165) is 40.6 Å². The molecular formula is C18H19N5O2. The van der Waals surface area contributed by atoms with Crippen LogP contribution in [-0.4, -0.2) is 38.9 Å². The van der Waals surface area contributed by atoms with Gasteiger partial charge in [0.25, 0.3) is 0 Å². The second-order valence-electron chi connectivity index (χ2n) is 6.06. The van der Waals surface area contributed by atoms with Crippen molar-refractivity contribution in [2.45, 2.75) is 19.5 Å². The van der Waals surface area contributed by atoms with Crippen molar-refractivity contribution in [3.63, 3.8) is 0 Å². The minimum atomic E-state index is 0.169. The van der Waals surface area contributed by atoms with Gasteiger partial charge >= 0.3 is 0 Å². The fourth-order valence-electron chi connectivity index (χ4n) is 2.91. The van der Waals surface area contributed by atoms with Crippen molar-refractivity contribution in [2.75, 3.05) is 13.8 Å². The van der Waals surface area contributed by atoms with E-state index in [1.54, 1.807) is 12.5 Å². The maximum absolute atomic E-state index is 5.47. The third-order valence-corrected chi connectivity index (χ3v) is 4.49. The van der Waals surface area contributed by atoms with Crippen LogP contribution in [0.15, 0.2) is 43.0 Å².